The minimum Gasteiger partial charge on any atom is -0.388 e. The maximum Gasteiger partial charge on any atom is 0.126 e. The summed E-state index contributed by atoms with van der Waals surface area (Å²) in [6.07, 6.45) is 7.65. The van der Waals surface area contributed by atoms with Gasteiger partial charge in [-0.25, -0.2) is 8.78 Å². The van der Waals surface area contributed by atoms with Crippen LogP contribution in [0.2, 0.25) is 0 Å². The highest BCUT2D eigenvalue weighted by atomic mass is 19.1. The zero-order valence-electron chi connectivity index (χ0n) is 16.6. The zero-order chi connectivity index (χ0) is 20.5. The number of aryl methyl sites for hydroxylation is 1. The van der Waals surface area contributed by atoms with E-state index in [0.717, 1.165) is 60.8 Å². The molecule has 0 amide bonds. The van der Waals surface area contributed by atoms with Gasteiger partial charge in [0.25, 0.3) is 0 Å². The Morgan fingerprint density at radius 1 is 1.00 bits per heavy atom. The van der Waals surface area contributed by atoms with Crippen LogP contribution in [0.15, 0.2) is 30.5 Å². The Labute approximate surface area is 166 Å². The van der Waals surface area contributed by atoms with E-state index in [2.05, 4.69) is 4.98 Å². The van der Waals surface area contributed by atoms with Crippen LogP contribution in [-0.2, 0) is 12.8 Å². The van der Waals surface area contributed by atoms with Gasteiger partial charge in [-0.3, -0.25) is 0 Å². The molecule has 6 heteroatoms. The van der Waals surface area contributed by atoms with E-state index in [1.54, 1.807) is 6.20 Å². The first kappa shape index (κ1) is 22.5. The Kier molecular flexibility index (Phi) is 9.09. The monoisotopic (exact) mass is 393 g/mol. The molecule has 2 aliphatic carbocycles. The maximum atomic E-state index is 13.0. The van der Waals surface area contributed by atoms with Gasteiger partial charge in [0, 0.05) is 24.4 Å². The summed E-state index contributed by atoms with van der Waals surface area (Å²) in [5, 5.41) is 9.96. The first-order valence-electron chi connectivity index (χ1n) is 10.2. The lowest BCUT2D eigenvalue weighted by molar-refractivity contribution is 0.177. The number of halogens is 2. The predicted molar refractivity (Wildman–Crippen MR) is 109 cm³/mol. The summed E-state index contributed by atoms with van der Waals surface area (Å²) in [5.41, 5.74) is 12.7. The number of aliphatic hydroxyl groups excluding tert-OH is 1. The van der Waals surface area contributed by atoms with Gasteiger partial charge in [0.2, 0.25) is 0 Å². The van der Waals surface area contributed by atoms with Gasteiger partial charge in [-0.1, -0.05) is 6.92 Å². The Morgan fingerprint density at radius 3 is 1.89 bits per heavy atom. The van der Waals surface area contributed by atoms with Crippen molar-refractivity contribution in [3.8, 4) is 0 Å². The van der Waals surface area contributed by atoms with Gasteiger partial charge in [0.1, 0.15) is 11.6 Å². The lowest BCUT2D eigenvalue weighted by atomic mass is 10.0. The van der Waals surface area contributed by atoms with Gasteiger partial charge in [0.05, 0.1) is 6.10 Å². The van der Waals surface area contributed by atoms with Crippen molar-refractivity contribution in [2.45, 2.75) is 51.6 Å². The average Bonchev–Trinajstić information content (AvgIpc) is 3.60. The van der Waals surface area contributed by atoms with Crippen molar-refractivity contribution in [1.29, 1.82) is 0 Å². The molecule has 2 aromatic rings. The highest BCUT2D eigenvalue weighted by Crippen LogP contribution is 2.27. The number of hydrogen-bond donors (Lipinski definition) is 4. The topological polar surface area (TPSA) is 88.1 Å². The van der Waals surface area contributed by atoms with Crippen molar-refractivity contribution in [2.75, 3.05) is 13.1 Å². The van der Waals surface area contributed by atoms with E-state index < -0.39 is 17.7 Å². The molecular weight excluding hydrogens is 360 g/mol. The molecule has 2 fully saturated rings. The summed E-state index contributed by atoms with van der Waals surface area (Å²) in [6.45, 7) is 3.86. The second kappa shape index (κ2) is 11.3. The highest BCUT2D eigenvalue weighted by molar-refractivity contribution is 5.24. The smallest absolute Gasteiger partial charge is 0.126 e. The fourth-order valence-electron chi connectivity index (χ4n) is 2.63. The fourth-order valence-corrected chi connectivity index (χ4v) is 2.63. The van der Waals surface area contributed by atoms with Gasteiger partial charge in [-0.15, -0.1) is 0 Å². The fraction of sp³-hybridized carbons (Fsp3) is 0.545. The first-order chi connectivity index (χ1) is 13.4. The Bertz CT molecular complexity index is 679. The van der Waals surface area contributed by atoms with Crippen molar-refractivity contribution >= 4 is 0 Å². The molecule has 4 nitrogen and oxygen atoms in total. The number of benzene rings is 1. The third-order valence-electron chi connectivity index (χ3n) is 4.94. The van der Waals surface area contributed by atoms with Crippen LogP contribution in [0, 0.1) is 23.5 Å². The lowest BCUT2D eigenvalue weighted by Crippen LogP contribution is -2.02. The number of aromatic amines is 1. The molecule has 28 heavy (non-hydrogen) atoms. The Hall–Kier alpha value is -1.76. The molecule has 2 saturated carbocycles. The number of nitrogens with one attached hydrogen (secondary N) is 1. The van der Waals surface area contributed by atoms with E-state index in [1.807, 2.05) is 13.0 Å². The molecule has 156 valence electrons. The van der Waals surface area contributed by atoms with Crippen LogP contribution < -0.4 is 11.5 Å². The number of aromatic nitrogens is 1. The molecule has 0 bridgehead atoms. The molecule has 1 aromatic heterocycles. The zero-order valence-corrected chi connectivity index (χ0v) is 16.6. The van der Waals surface area contributed by atoms with E-state index in [4.69, 9.17) is 11.5 Å². The van der Waals surface area contributed by atoms with Crippen LogP contribution in [0.5, 0.6) is 0 Å². The molecular formula is C22H33F2N3O. The third kappa shape index (κ3) is 8.50. The largest absolute Gasteiger partial charge is 0.388 e. The molecule has 0 spiro atoms. The number of rotatable bonds is 6. The predicted octanol–water partition coefficient (Wildman–Crippen LogP) is 3.84. The molecule has 0 radical (unpaired) electrons. The molecule has 2 aliphatic rings. The summed E-state index contributed by atoms with van der Waals surface area (Å²) >= 11 is 0. The molecule has 1 aromatic carbocycles. The maximum absolute atomic E-state index is 13.0. The minimum atomic E-state index is -0.907. The van der Waals surface area contributed by atoms with E-state index >= 15 is 0 Å². The number of H-pyrrole nitrogens is 1. The second-order valence-electron chi connectivity index (χ2n) is 7.67. The standard InChI is InChI=1S/C14H15F2NO.2C4H9N/c1-2-13-3-9(8-17-13)4-14(18)10-5-11(15)7-12(16)6-10;2*5-3-4-1-2-4/h3,5-8,14,17-18H,2,4H2,1H3;2*4H,1-3,5H2. The van der Waals surface area contributed by atoms with Crippen LogP contribution in [0.4, 0.5) is 8.78 Å². The molecule has 1 heterocycles. The van der Waals surface area contributed by atoms with Crippen LogP contribution >= 0.6 is 0 Å². The van der Waals surface area contributed by atoms with Gasteiger partial charge >= 0.3 is 0 Å². The van der Waals surface area contributed by atoms with Gasteiger partial charge in [0.15, 0.2) is 0 Å². The van der Waals surface area contributed by atoms with Crippen LogP contribution in [-0.4, -0.2) is 23.2 Å². The quantitative estimate of drug-likeness (QED) is 0.601. The molecule has 6 N–H and O–H groups in total. The van der Waals surface area contributed by atoms with Crippen molar-refractivity contribution in [3.05, 3.63) is 58.9 Å². The van der Waals surface area contributed by atoms with Crippen LogP contribution in [0.3, 0.4) is 0 Å². The van der Waals surface area contributed by atoms with E-state index in [-0.39, 0.29) is 5.56 Å². The summed E-state index contributed by atoms with van der Waals surface area (Å²) < 4.78 is 26.1. The molecule has 1 atom stereocenters. The Morgan fingerprint density at radius 2 is 1.54 bits per heavy atom. The number of aliphatic hydroxyl groups is 1. The molecule has 4 rings (SSSR count). The van der Waals surface area contributed by atoms with Crippen molar-refractivity contribution < 1.29 is 13.9 Å². The van der Waals surface area contributed by atoms with Gasteiger partial charge in [-0.05, 0) is 86.4 Å². The van der Waals surface area contributed by atoms with E-state index in [1.165, 1.54) is 25.7 Å². The van der Waals surface area contributed by atoms with E-state index in [9.17, 15) is 13.9 Å². The summed E-state index contributed by atoms with van der Waals surface area (Å²) in [4.78, 5) is 3.08. The summed E-state index contributed by atoms with van der Waals surface area (Å²) in [6, 6.07) is 5.04. The number of nitrogens with two attached hydrogens (primary N) is 2. The normalized spacial score (nSPS) is 16.5. The Balaban J connectivity index is 0.000000226. The van der Waals surface area contributed by atoms with Gasteiger partial charge in [-0.2, -0.15) is 0 Å². The minimum absolute atomic E-state index is 0.256. The summed E-state index contributed by atoms with van der Waals surface area (Å²) in [5.74, 6) is 0.477. The van der Waals surface area contributed by atoms with E-state index in [0.29, 0.717) is 6.42 Å². The highest BCUT2D eigenvalue weighted by Gasteiger charge is 2.18. The lowest BCUT2D eigenvalue weighted by Gasteiger charge is -2.10. The number of hydrogen-bond acceptors (Lipinski definition) is 3. The molecule has 0 saturated heterocycles. The van der Waals surface area contributed by atoms with Crippen molar-refractivity contribution in [2.24, 2.45) is 23.3 Å². The third-order valence-corrected chi connectivity index (χ3v) is 4.94. The second-order valence-corrected chi connectivity index (χ2v) is 7.67. The SMILES string of the molecule is CCc1cc(CC(O)c2cc(F)cc(F)c2)c[nH]1.NCC1CC1.NCC1CC1. The van der Waals surface area contributed by atoms with Crippen LogP contribution in [0.25, 0.3) is 0 Å². The first-order valence-corrected chi connectivity index (χ1v) is 10.2. The van der Waals surface area contributed by atoms with Crippen LogP contribution in [0.1, 0.15) is 55.5 Å². The molecule has 1 unspecified atom stereocenters. The molecule has 0 aliphatic heterocycles. The van der Waals surface area contributed by atoms with Crippen molar-refractivity contribution in [1.82, 2.24) is 4.98 Å². The van der Waals surface area contributed by atoms with Gasteiger partial charge < -0.3 is 21.6 Å². The summed E-state index contributed by atoms with van der Waals surface area (Å²) in [7, 11) is 0. The average molecular weight is 394 g/mol. The van der Waals surface area contributed by atoms with Crippen molar-refractivity contribution in [3.63, 3.8) is 0 Å².